The number of nitrogens with zero attached hydrogens (tertiary/aromatic N) is 1. The van der Waals surface area contributed by atoms with Crippen molar-refractivity contribution in [2.75, 3.05) is 143 Å². The minimum atomic E-state index is -0.989. The summed E-state index contributed by atoms with van der Waals surface area (Å²) in [5.74, 6) is -0.318. The molecule has 0 atom stereocenters. The van der Waals surface area contributed by atoms with Gasteiger partial charge in [0.1, 0.15) is 77.3 Å². The van der Waals surface area contributed by atoms with E-state index in [9.17, 15) is 48.3 Å². The molecule has 752 valence electrons. The predicted molar refractivity (Wildman–Crippen MR) is 532 cm³/mol. The Morgan fingerprint density at radius 1 is 0.374 bits per heavy atom. The Kier molecular flexibility index (Phi) is 61.2. The van der Waals surface area contributed by atoms with E-state index in [1.54, 1.807) is 128 Å². The number of alkyl halides is 1. The van der Waals surface area contributed by atoms with E-state index in [4.69, 9.17) is 108 Å². The zero-order valence-electron chi connectivity index (χ0n) is 78.4. The molecule has 9 aromatic carbocycles. The number of carbonyl (C=O) groups is 9. The van der Waals surface area contributed by atoms with Crippen LogP contribution in [0, 0.1) is 10.8 Å². The fourth-order valence-corrected chi connectivity index (χ4v) is 11.2. The summed E-state index contributed by atoms with van der Waals surface area (Å²) in [6.07, 6.45) is 12.6. The molecule has 139 heavy (non-hydrogen) atoms. The van der Waals surface area contributed by atoms with Gasteiger partial charge in [0.05, 0.1) is 119 Å². The molecule has 2 aliphatic rings. The molecule has 0 aliphatic carbocycles. The van der Waals surface area contributed by atoms with Gasteiger partial charge in [0.15, 0.2) is 0 Å². The normalized spacial score (nSPS) is 11.6. The minimum absolute atomic E-state index is 0. The van der Waals surface area contributed by atoms with Crippen molar-refractivity contribution in [1.82, 2.24) is 0 Å². The number of carbonyl (C=O) groups excluding carboxylic acids is 7. The molecule has 0 radical (unpaired) electrons. The highest BCUT2D eigenvalue weighted by molar-refractivity contribution is 9.09. The van der Waals surface area contributed by atoms with Crippen molar-refractivity contribution in [2.45, 2.75) is 92.4 Å². The maximum Gasteiger partial charge on any atom is 0.343 e. The molecule has 2 heterocycles. The third kappa shape index (κ3) is 51.5. The second-order valence-electron chi connectivity index (χ2n) is 30.1. The summed E-state index contributed by atoms with van der Waals surface area (Å²) in [6, 6.07) is 60.8. The van der Waals surface area contributed by atoms with Gasteiger partial charge in [-0.15, -0.1) is 0 Å². The van der Waals surface area contributed by atoms with Gasteiger partial charge in [-0.3, -0.25) is 4.79 Å². The molecular weight excluding hydrogens is 1880 g/mol. The molecule has 0 saturated carbocycles. The Labute approximate surface area is 826 Å². The van der Waals surface area contributed by atoms with Crippen LogP contribution >= 0.6 is 27.5 Å². The largest absolute Gasteiger partial charge is 0.508 e. The number of aromatic carboxylic acids is 2. The topological polar surface area (TPSA) is 417 Å². The summed E-state index contributed by atoms with van der Waals surface area (Å²) < 4.78 is 80.4. The van der Waals surface area contributed by atoms with Gasteiger partial charge in [0.25, 0.3) is 0 Å². The van der Waals surface area contributed by atoms with Crippen LogP contribution in [-0.4, -0.2) is 222 Å². The molecule has 2 saturated heterocycles. The maximum atomic E-state index is 12.6. The fourth-order valence-electron chi connectivity index (χ4n) is 11.2. The number of hydrogen-bond acceptors (Lipinski definition) is 29. The SMILES string of the molecule is C.C=CC(=O)Cl.C=CC(=O)OCCCCCCOc1ccc(C(=O)Oc2ccc(OC(=O)c3ccc(OCCCCOCC4(CC)COC4)cc3)cc2)cc1.C=CC(=O)OCCOc1ccc(C(=O)O)cc1.CCC1(COCCCCOc2ccc(C(=O)Oc3ccc(O)cc3)cc2)COC1.CCOC(=O)c1ccc(O)cc1.CN(C)c1ccccc1.O=C(O)c1ccc(OCCO)cc1.OCCBr. The molecule has 0 spiro atoms. The first-order valence-electron chi connectivity index (χ1n) is 44.4. The first-order chi connectivity index (χ1) is 66.6. The van der Waals surface area contributed by atoms with Crippen molar-refractivity contribution < 1.29 is 145 Å². The monoisotopic (exact) mass is 2010 g/mol. The highest BCUT2D eigenvalue weighted by Gasteiger charge is 2.38. The quantitative estimate of drug-likeness (QED) is 0.00392. The lowest BCUT2D eigenvalue weighted by molar-refractivity contribution is -0.150. The zero-order valence-corrected chi connectivity index (χ0v) is 80.7. The van der Waals surface area contributed by atoms with Gasteiger partial charge in [-0.05, 0) is 295 Å². The molecular formula is C106H129BrClNO30. The number of aliphatic hydroxyl groups excluding tert-OH is 2. The fraction of sp³-hybridized carbons (Fsp3) is 0.349. The molecule has 0 aromatic heterocycles. The number of carboxylic acid groups (broad SMARTS) is 2. The Balaban J connectivity index is 0.000000465. The third-order valence-electron chi connectivity index (χ3n) is 19.4. The molecule has 31 nitrogen and oxygen atoms in total. The van der Waals surface area contributed by atoms with Gasteiger partial charge >= 0.3 is 47.8 Å². The average molecular weight is 2010 g/mol. The number of hydrogen-bond donors (Lipinski definition) is 6. The van der Waals surface area contributed by atoms with E-state index >= 15 is 0 Å². The van der Waals surface area contributed by atoms with Crippen molar-refractivity contribution >= 4 is 86.2 Å². The number of para-hydroxylation sites is 1. The Bertz CT molecular complexity index is 4990. The number of allylic oxidation sites excluding steroid dienone is 1. The summed E-state index contributed by atoms with van der Waals surface area (Å²) in [5.41, 5.74) is 3.75. The minimum Gasteiger partial charge on any atom is -0.508 e. The predicted octanol–water partition coefficient (Wildman–Crippen LogP) is 19.1. The van der Waals surface area contributed by atoms with Crippen LogP contribution in [-0.2, 0) is 47.5 Å². The maximum absolute atomic E-state index is 12.6. The van der Waals surface area contributed by atoms with E-state index in [0.29, 0.717) is 113 Å². The smallest absolute Gasteiger partial charge is 0.343 e. The van der Waals surface area contributed by atoms with Crippen LogP contribution in [0.3, 0.4) is 0 Å². The van der Waals surface area contributed by atoms with Crippen molar-refractivity contribution in [2.24, 2.45) is 10.8 Å². The lowest BCUT2D eigenvalue weighted by Crippen LogP contribution is -2.45. The number of benzene rings is 9. The van der Waals surface area contributed by atoms with E-state index < -0.39 is 47.0 Å². The van der Waals surface area contributed by atoms with Crippen LogP contribution in [0.2, 0.25) is 0 Å². The van der Waals surface area contributed by atoms with Gasteiger partial charge < -0.3 is 107 Å². The number of phenols is 2. The van der Waals surface area contributed by atoms with Crippen LogP contribution in [0.5, 0.6) is 57.5 Å². The number of aliphatic hydroxyl groups is 2. The summed E-state index contributed by atoms with van der Waals surface area (Å²) in [4.78, 5) is 103. The van der Waals surface area contributed by atoms with Crippen LogP contribution in [0.4, 0.5) is 5.69 Å². The lowest BCUT2D eigenvalue weighted by atomic mass is 9.84. The molecule has 11 rings (SSSR count). The van der Waals surface area contributed by atoms with Crippen LogP contribution in [0.25, 0.3) is 0 Å². The van der Waals surface area contributed by atoms with Crippen molar-refractivity contribution in [1.29, 1.82) is 0 Å². The third-order valence-corrected chi connectivity index (χ3v) is 19.9. The zero-order chi connectivity index (χ0) is 101. The number of anilines is 1. The van der Waals surface area contributed by atoms with Crippen LogP contribution < -0.4 is 42.8 Å². The van der Waals surface area contributed by atoms with Crippen LogP contribution in [0.1, 0.15) is 155 Å². The van der Waals surface area contributed by atoms with Crippen molar-refractivity contribution in [3.8, 4) is 57.5 Å². The van der Waals surface area contributed by atoms with Gasteiger partial charge in [-0.25, -0.2) is 38.4 Å². The number of unbranched alkanes of at least 4 members (excludes halogenated alkanes) is 5. The number of phenolic OH excluding ortho intramolecular Hbond substituents is 2. The number of halogens is 2. The summed E-state index contributed by atoms with van der Waals surface area (Å²) in [7, 11) is 4.07. The molecule has 6 N–H and O–H groups in total. The van der Waals surface area contributed by atoms with Crippen molar-refractivity contribution in [3.63, 3.8) is 0 Å². The van der Waals surface area contributed by atoms with E-state index in [0.717, 1.165) is 129 Å². The number of carboxylic acids is 2. The van der Waals surface area contributed by atoms with E-state index in [-0.39, 0.29) is 79.9 Å². The number of ether oxygens (including phenoxy) is 15. The number of esters is 6. The lowest BCUT2D eigenvalue weighted by Gasteiger charge is -2.40. The number of rotatable bonds is 48. The molecule has 0 bridgehead atoms. The van der Waals surface area contributed by atoms with E-state index in [2.05, 4.69) is 66.5 Å². The van der Waals surface area contributed by atoms with Gasteiger partial charge in [0.2, 0.25) is 5.24 Å². The molecule has 2 aliphatic heterocycles. The second-order valence-corrected chi connectivity index (χ2v) is 31.3. The highest BCUT2D eigenvalue weighted by Crippen LogP contribution is 2.33. The Morgan fingerprint density at radius 3 is 0.957 bits per heavy atom. The first-order valence-corrected chi connectivity index (χ1v) is 45.9. The standard InChI is InChI=1S/C39H46O10.C23H28O6.C12H12O5.C9H10O4.C9H10O3.C8H11N.C3H3ClO.C2H5BrO.CH4/c1-3-36(40)47-26-8-6-5-7-24-45-32-15-11-30(12-16-32)37(41)48-34-19-21-35(22-20-34)49-38(42)31-13-17-33(18-14-31)46-25-10-9-23-43-27-39(4-2)28-44-29-39;1-2-23(16-27-17-23)15-26-13-3-4-14-28-20-9-5-18(6-10-20)22(25)29-21-11-7-19(24)8-12-21;1-2-11(13)17-8-7-16-10-5-3-9(4-6-10)12(14)15;10-5-6-13-8-3-1-7(2-4-8)9(11)12;1-2-12-9(11)7-3-5-8(10)6-4-7;1-9(2)8-6-4-3-5-7-8;1-2-3(4)5;3-1-2-4;/h3,11-22H,1,4-10,23-29H2,2H3;5-12,24H,2-4,13-17H2,1H3;2-6H,1,7-8H2,(H,14,15);1-4,10H,5-6H2,(H,11,12);3-6,10H,2H2,1H3;3-7H,1-2H3;2H,1H2;4H,1-2H2;1H4. The summed E-state index contributed by atoms with van der Waals surface area (Å²) in [6.45, 7) is 25.1. The Morgan fingerprint density at radius 2 is 0.662 bits per heavy atom. The highest BCUT2D eigenvalue weighted by atomic mass is 79.9. The van der Waals surface area contributed by atoms with Crippen LogP contribution in [0.15, 0.2) is 262 Å². The van der Waals surface area contributed by atoms with Gasteiger partial charge in [-0.2, -0.15) is 0 Å². The molecule has 9 aromatic rings. The summed E-state index contributed by atoms with van der Waals surface area (Å²) >= 11 is 7.70. The average Bonchev–Trinajstić information content (AvgIpc) is 0.824. The molecule has 0 amide bonds. The molecule has 0 unspecified atom stereocenters. The second kappa shape index (κ2) is 71.1. The number of aromatic hydroxyl groups is 2. The molecule has 2 fully saturated rings. The van der Waals surface area contributed by atoms with E-state index in [1.165, 1.54) is 78.5 Å². The van der Waals surface area contributed by atoms with Gasteiger partial charge in [-0.1, -0.05) is 75.1 Å². The first kappa shape index (κ1) is 120. The van der Waals surface area contributed by atoms with Gasteiger partial charge in [0, 0.05) is 61.3 Å². The Hall–Kier alpha value is -13.4. The molecule has 33 heteroatoms. The van der Waals surface area contributed by atoms with Crippen molar-refractivity contribution in [3.05, 3.63) is 296 Å². The summed E-state index contributed by atoms with van der Waals surface area (Å²) in [5, 5.41) is 51.9. The van der Waals surface area contributed by atoms with E-state index in [1.807, 2.05) is 32.3 Å².